The van der Waals surface area contributed by atoms with Crippen molar-refractivity contribution < 1.29 is 9.59 Å². The summed E-state index contributed by atoms with van der Waals surface area (Å²) in [5.41, 5.74) is 2.26. The van der Waals surface area contributed by atoms with Gasteiger partial charge in [0.25, 0.3) is 0 Å². The zero-order valence-electron chi connectivity index (χ0n) is 13.6. The van der Waals surface area contributed by atoms with Crippen molar-refractivity contribution in [2.75, 3.05) is 5.32 Å². The zero-order valence-corrected chi connectivity index (χ0v) is 13.6. The van der Waals surface area contributed by atoms with Gasteiger partial charge in [0.1, 0.15) is 5.49 Å². The largest absolute Gasteiger partial charge is 0.326 e. The number of pyridine rings is 1. The number of benzene rings is 1. The molecule has 1 heterocycles. The molecule has 1 amide bonds. The lowest BCUT2D eigenvalue weighted by Gasteiger charge is -2.08. The van der Waals surface area contributed by atoms with E-state index in [0.717, 1.165) is 11.3 Å². The first kappa shape index (κ1) is 16.7. The Morgan fingerprint density at radius 2 is 1.83 bits per heavy atom. The lowest BCUT2D eigenvalue weighted by atomic mass is 10.1. The summed E-state index contributed by atoms with van der Waals surface area (Å²) in [6.45, 7) is 5.41. The second kappa shape index (κ2) is 7.54. The first-order valence-electron chi connectivity index (χ1n) is 7.57. The van der Waals surface area contributed by atoms with Crippen LogP contribution in [0, 0.1) is 0 Å². The van der Waals surface area contributed by atoms with E-state index in [4.69, 9.17) is 0 Å². The number of aromatic nitrogens is 1. The first-order valence-corrected chi connectivity index (χ1v) is 7.57. The molecule has 0 saturated carbocycles. The third-order valence-electron chi connectivity index (χ3n) is 3.13. The highest BCUT2D eigenvalue weighted by Gasteiger charge is 2.07. The maximum Gasteiger partial charge on any atom is 0.236 e. The highest BCUT2D eigenvalue weighted by atomic mass is 16.2. The molecule has 1 N–H and O–H groups in total. The molecular formula is C18H21N3O2. The molecule has 0 aliphatic rings. The van der Waals surface area contributed by atoms with E-state index in [-0.39, 0.29) is 24.3 Å². The quantitative estimate of drug-likeness (QED) is 0.943. The summed E-state index contributed by atoms with van der Waals surface area (Å²) >= 11 is 0. The number of carbonyl (C=O) groups is 2. The minimum absolute atomic E-state index is 0.0442. The molecule has 23 heavy (non-hydrogen) atoms. The number of nitrogens with zero attached hydrogens (tertiary/aromatic N) is 2. The molecule has 5 heteroatoms. The van der Waals surface area contributed by atoms with Gasteiger partial charge in [0, 0.05) is 24.8 Å². The van der Waals surface area contributed by atoms with Crippen LogP contribution in [0.5, 0.6) is 0 Å². The normalized spacial score (nSPS) is 11.6. The summed E-state index contributed by atoms with van der Waals surface area (Å²) in [6.07, 6.45) is 2.00. The second-order valence-electron chi connectivity index (χ2n) is 5.60. The van der Waals surface area contributed by atoms with E-state index in [9.17, 15) is 9.59 Å². The van der Waals surface area contributed by atoms with Crippen LogP contribution in [0.3, 0.4) is 0 Å². The summed E-state index contributed by atoms with van der Waals surface area (Å²) in [7, 11) is 0. The van der Waals surface area contributed by atoms with Crippen molar-refractivity contribution in [3.8, 4) is 0 Å². The molecule has 0 spiro atoms. The summed E-state index contributed by atoms with van der Waals surface area (Å²) < 4.78 is 1.57. The van der Waals surface area contributed by atoms with Gasteiger partial charge in [0.2, 0.25) is 11.8 Å². The Morgan fingerprint density at radius 1 is 1.13 bits per heavy atom. The highest BCUT2D eigenvalue weighted by molar-refractivity contribution is 5.88. The van der Waals surface area contributed by atoms with Gasteiger partial charge in [-0.3, -0.25) is 19.1 Å². The number of rotatable bonds is 4. The monoisotopic (exact) mass is 311 g/mol. The van der Waals surface area contributed by atoms with E-state index < -0.39 is 0 Å². The topological polar surface area (TPSA) is 63.5 Å². The predicted molar refractivity (Wildman–Crippen MR) is 90.2 cm³/mol. The van der Waals surface area contributed by atoms with Gasteiger partial charge >= 0.3 is 0 Å². The van der Waals surface area contributed by atoms with Gasteiger partial charge in [-0.2, -0.15) is 0 Å². The Bertz CT molecular complexity index is 758. The van der Waals surface area contributed by atoms with E-state index >= 15 is 0 Å². The summed E-state index contributed by atoms with van der Waals surface area (Å²) in [4.78, 5) is 28.0. The first-order chi connectivity index (χ1) is 11.0. The van der Waals surface area contributed by atoms with Gasteiger partial charge in [0.15, 0.2) is 0 Å². The summed E-state index contributed by atoms with van der Waals surface area (Å²) in [5, 5.41) is 2.70. The lowest BCUT2D eigenvalue weighted by molar-refractivity contribution is -0.114. The minimum Gasteiger partial charge on any atom is -0.326 e. The van der Waals surface area contributed by atoms with Crippen LogP contribution in [0.15, 0.2) is 53.7 Å². The lowest BCUT2D eigenvalue weighted by Crippen LogP contribution is -2.28. The number of hydrogen-bond donors (Lipinski definition) is 1. The van der Waals surface area contributed by atoms with E-state index in [1.807, 2.05) is 44.2 Å². The predicted octanol–water partition coefficient (Wildman–Crippen LogP) is 2.64. The smallest absolute Gasteiger partial charge is 0.236 e. The number of anilines is 1. The molecule has 5 nitrogen and oxygen atoms in total. The van der Waals surface area contributed by atoms with Crippen LogP contribution in [0.1, 0.15) is 31.1 Å². The van der Waals surface area contributed by atoms with Crippen molar-refractivity contribution in [1.82, 2.24) is 4.57 Å². The maximum absolute atomic E-state index is 12.5. The fourth-order valence-electron chi connectivity index (χ4n) is 2.18. The maximum atomic E-state index is 12.5. The highest BCUT2D eigenvalue weighted by Crippen LogP contribution is 2.10. The summed E-state index contributed by atoms with van der Waals surface area (Å²) in [6, 6.07) is 12.9. The molecule has 0 radical (unpaired) electrons. The van der Waals surface area contributed by atoms with Gasteiger partial charge in [-0.25, -0.2) is 0 Å². The van der Waals surface area contributed by atoms with Gasteiger partial charge in [-0.15, -0.1) is 0 Å². The molecule has 120 valence electrons. The standard InChI is InChI=1S/C18H21N3O2/c1-13(2)19-17-6-4-5-11-21(17)18(23)12-15-7-9-16(10-8-15)20-14(3)22/h4-11,13H,12H2,1-3H3,(H,20,22). The Morgan fingerprint density at radius 3 is 2.43 bits per heavy atom. The molecule has 0 aliphatic heterocycles. The van der Waals surface area contributed by atoms with Crippen molar-refractivity contribution in [3.63, 3.8) is 0 Å². The Kier molecular flexibility index (Phi) is 5.46. The molecule has 1 aromatic carbocycles. The van der Waals surface area contributed by atoms with Gasteiger partial charge < -0.3 is 5.32 Å². The van der Waals surface area contributed by atoms with Gasteiger partial charge in [0.05, 0.1) is 6.42 Å². The fourth-order valence-corrected chi connectivity index (χ4v) is 2.18. The van der Waals surface area contributed by atoms with E-state index in [0.29, 0.717) is 5.49 Å². The van der Waals surface area contributed by atoms with Crippen LogP contribution >= 0.6 is 0 Å². The third-order valence-corrected chi connectivity index (χ3v) is 3.13. The Labute approximate surface area is 135 Å². The van der Waals surface area contributed by atoms with Gasteiger partial charge in [-0.05, 0) is 43.7 Å². The average Bonchev–Trinajstić information content (AvgIpc) is 2.48. The molecule has 0 unspecified atom stereocenters. The van der Waals surface area contributed by atoms with Crippen LogP contribution in [0.4, 0.5) is 5.69 Å². The SMILES string of the molecule is CC(=O)Nc1ccc(CC(=O)n2ccccc2=NC(C)C)cc1. The van der Waals surface area contributed by atoms with E-state index in [1.165, 1.54) is 6.92 Å². The minimum atomic E-state index is -0.117. The van der Waals surface area contributed by atoms with Crippen LogP contribution in [-0.2, 0) is 11.2 Å². The zero-order chi connectivity index (χ0) is 16.8. The molecule has 2 aromatic rings. The molecule has 0 atom stereocenters. The second-order valence-corrected chi connectivity index (χ2v) is 5.60. The molecule has 0 saturated heterocycles. The van der Waals surface area contributed by atoms with Crippen LogP contribution in [-0.4, -0.2) is 22.4 Å². The Balaban J connectivity index is 2.18. The van der Waals surface area contributed by atoms with Crippen LogP contribution in [0.25, 0.3) is 0 Å². The van der Waals surface area contributed by atoms with E-state index in [1.54, 1.807) is 22.9 Å². The number of amides is 1. The molecule has 2 rings (SSSR count). The molecule has 0 bridgehead atoms. The molecular weight excluding hydrogens is 290 g/mol. The molecule has 1 aromatic heterocycles. The number of carbonyl (C=O) groups excluding carboxylic acids is 2. The van der Waals surface area contributed by atoms with Crippen LogP contribution in [0.2, 0.25) is 0 Å². The number of hydrogen-bond acceptors (Lipinski definition) is 3. The molecule has 0 fully saturated rings. The van der Waals surface area contributed by atoms with Gasteiger partial charge in [-0.1, -0.05) is 18.2 Å². The Hall–Kier alpha value is -2.69. The van der Waals surface area contributed by atoms with E-state index in [2.05, 4.69) is 10.3 Å². The van der Waals surface area contributed by atoms with Crippen molar-refractivity contribution in [2.45, 2.75) is 33.2 Å². The molecule has 0 aliphatic carbocycles. The summed E-state index contributed by atoms with van der Waals surface area (Å²) in [5.74, 6) is -0.161. The average molecular weight is 311 g/mol. The fraction of sp³-hybridized carbons (Fsp3) is 0.278. The van der Waals surface area contributed by atoms with Crippen molar-refractivity contribution in [3.05, 3.63) is 59.7 Å². The van der Waals surface area contributed by atoms with Crippen molar-refractivity contribution in [2.24, 2.45) is 4.99 Å². The number of nitrogens with one attached hydrogen (secondary N) is 1. The van der Waals surface area contributed by atoms with Crippen LogP contribution < -0.4 is 10.8 Å². The van der Waals surface area contributed by atoms with Crippen molar-refractivity contribution >= 4 is 17.5 Å². The third kappa shape index (κ3) is 4.92. The van der Waals surface area contributed by atoms with Crippen molar-refractivity contribution in [1.29, 1.82) is 0 Å².